The molecule has 45 heavy (non-hydrogen) atoms. The highest BCUT2D eigenvalue weighted by Gasteiger charge is 2.59. The first kappa shape index (κ1) is 31.2. The molecule has 0 unspecified atom stereocenters. The number of carboxylic acid groups (broad SMARTS) is 1. The zero-order chi connectivity index (χ0) is 32.3. The number of halogens is 3. The van der Waals surface area contributed by atoms with E-state index in [0.717, 1.165) is 96.5 Å². The molecular weight excluding hydrogens is 597 g/mol. The predicted molar refractivity (Wildman–Crippen MR) is 172 cm³/mol. The minimum absolute atomic E-state index is 0.159. The number of fused-ring (bicyclic) bond motifs is 8. The average molecular weight is 637 g/mol. The van der Waals surface area contributed by atoms with Crippen LogP contribution in [0.15, 0.2) is 48.5 Å². The van der Waals surface area contributed by atoms with E-state index in [1.54, 1.807) is 0 Å². The summed E-state index contributed by atoms with van der Waals surface area (Å²) in [5, 5.41) is 12.2. The number of ether oxygens (including phenoxy) is 1. The molecule has 3 aromatic rings. The summed E-state index contributed by atoms with van der Waals surface area (Å²) in [6.45, 7) is 11.6. The highest BCUT2D eigenvalue weighted by molar-refractivity contribution is 7.03. The van der Waals surface area contributed by atoms with Crippen LogP contribution in [-0.4, -0.2) is 51.3 Å². The molecular formula is C35H39F3N2O4Si. The number of nitrogens with zero attached hydrogens (tertiary/aromatic N) is 2. The van der Waals surface area contributed by atoms with Crippen molar-refractivity contribution in [3.05, 3.63) is 81.9 Å². The average Bonchev–Trinajstić information content (AvgIpc) is 3.32. The normalized spacial score (nSPS) is 17.4. The Morgan fingerprint density at radius 2 is 1.33 bits per heavy atom. The van der Waals surface area contributed by atoms with Crippen molar-refractivity contribution in [3.8, 4) is 0 Å². The van der Waals surface area contributed by atoms with Gasteiger partial charge in [-0.1, -0.05) is 31.4 Å². The van der Waals surface area contributed by atoms with E-state index < -0.39 is 42.9 Å². The Hall–Kier alpha value is -3.79. The van der Waals surface area contributed by atoms with Gasteiger partial charge in [0.05, 0.1) is 16.7 Å². The molecule has 238 valence electrons. The standard InChI is InChI=1S/C35H39F3N2O4Si/c1-5-39(6-2)22-12-14-26-30(18-22)45(16-10-9-11-17-45)31-19-23(40(7-3)8-4)13-15-27(31)34(26)28-20-24(32(41)42)29(35(36,37)38)21-25(28)33(43)44-34/h12-15,18-21H,5-11,16-17H2,1-4H3,(H,41,42). The van der Waals surface area contributed by atoms with Crippen molar-refractivity contribution in [2.45, 2.75) is 70.8 Å². The van der Waals surface area contributed by atoms with E-state index in [0.29, 0.717) is 6.07 Å². The SMILES string of the molecule is CCN(CC)c1ccc2c(c1)[Si]1(CCCCC1)c1cc(N(CC)CC)ccc1C21OC(=O)c2cc(C(F)(F)F)c(C(=O)O)cc21. The van der Waals surface area contributed by atoms with Gasteiger partial charge in [-0.3, -0.25) is 0 Å². The van der Waals surface area contributed by atoms with E-state index in [2.05, 4.69) is 49.6 Å². The Morgan fingerprint density at radius 1 is 0.822 bits per heavy atom. The maximum absolute atomic E-state index is 14.1. The van der Waals surface area contributed by atoms with Crippen LogP contribution >= 0.6 is 0 Å². The van der Waals surface area contributed by atoms with Crippen LogP contribution in [0.2, 0.25) is 12.1 Å². The number of carbonyl (C=O) groups is 2. The third-order valence-corrected chi connectivity index (χ3v) is 15.6. The zero-order valence-electron chi connectivity index (χ0n) is 26.2. The van der Waals surface area contributed by atoms with Crippen molar-refractivity contribution in [1.29, 1.82) is 0 Å². The van der Waals surface area contributed by atoms with Gasteiger partial charge in [0.1, 0.15) is 8.07 Å². The number of rotatable bonds is 7. The van der Waals surface area contributed by atoms with Crippen molar-refractivity contribution >= 4 is 41.8 Å². The molecule has 0 bridgehead atoms. The minimum Gasteiger partial charge on any atom is -0.478 e. The maximum atomic E-state index is 14.1. The molecule has 10 heteroatoms. The van der Waals surface area contributed by atoms with Crippen molar-refractivity contribution in [3.63, 3.8) is 0 Å². The first-order valence-electron chi connectivity index (χ1n) is 16.0. The van der Waals surface area contributed by atoms with Gasteiger partial charge in [-0.2, -0.15) is 13.2 Å². The Labute approximate surface area is 262 Å². The summed E-state index contributed by atoms with van der Waals surface area (Å²) in [5.41, 5.74) is -0.294. The van der Waals surface area contributed by atoms with Crippen molar-refractivity contribution in [1.82, 2.24) is 0 Å². The Balaban J connectivity index is 1.75. The fraction of sp³-hybridized carbons (Fsp3) is 0.429. The van der Waals surface area contributed by atoms with Gasteiger partial charge in [0, 0.05) is 54.2 Å². The van der Waals surface area contributed by atoms with Crippen molar-refractivity contribution in [2.75, 3.05) is 36.0 Å². The Kier molecular flexibility index (Phi) is 7.78. The topological polar surface area (TPSA) is 70.1 Å². The summed E-state index contributed by atoms with van der Waals surface area (Å²) in [7, 11) is -2.47. The van der Waals surface area contributed by atoms with E-state index in [1.807, 2.05) is 24.3 Å². The highest BCUT2D eigenvalue weighted by atomic mass is 28.3. The van der Waals surface area contributed by atoms with Gasteiger partial charge in [0.2, 0.25) is 0 Å². The van der Waals surface area contributed by atoms with Crippen LogP contribution < -0.4 is 20.2 Å². The second kappa shape index (κ2) is 11.2. The van der Waals surface area contributed by atoms with Gasteiger partial charge in [-0.05, 0) is 86.6 Å². The van der Waals surface area contributed by atoms with Crippen molar-refractivity contribution in [2.24, 2.45) is 0 Å². The number of carboxylic acids is 1. The quantitative estimate of drug-likeness (QED) is 0.232. The van der Waals surface area contributed by atoms with Crippen LogP contribution in [0.5, 0.6) is 0 Å². The van der Waals surface area contributed by atoms with Crippen LogP contribution in [0.4, 0.5) is 24.5 Å². The van der Waals surface area contributed by atoms with Gasteiger partial charge in [-0.15, -0.1) is 0 Å². The first-order valence-corrected chi connectivity index (χ1v) is 18.4. The van der Waals surface area contributed by atoms with E-state index in [-0.39, 0.29) is 11.1 Å². The molecule has 0 atom stereocenters. The summed E-state index contributed by atoms with van der Waals surface area (Å²) in [5.74, 6) is -2.59. The number of alkyl halides is 3. The van der Waals surface area contributed by atoms with Gasteiger partial charge >= 0.3 is 18.1 Å². The number of aromatic carboxylic acids is 1. The van der Waals surface area contributed by atoms with Gasteiger partial charge in [-0.25, -0.2) is 9.59 Å². The lowest BCUT2D eigenvalue weighted by atomic mass is 9.78. The second-order valence-electron chi connectivity index (χ2n) is 12.3. The lowest BCUT2D eigenvalue weighted by molar-refractivity contribution is -0.138. The zero-order valence-corrected chi connectivity index (χ0v) is 27.2. The van der Waals surface area contributed by atoms with Crippen LogP contribution in [0.1, 0.15) is 89.9 Å². The van der Waals surface area contributed by atoms with Crippen LogP contribution in [0, 0.1) is 0 Å². The maximum Gasteiger partial charge on any atom is 0.417 e. The number of anilines is 2. The van der Waals surface area contributed by atoms with Gasteiger partial charge in [0.15, 0.2) is 5.60 Å². The molecule has 0 amide bonds. The van der Waals surface area contributed by atoms with Crippen molar-refractivity contribution < 1.29 is 32.6 Å². The number of carbonyl (C=O) groups excluding carboxylic acids is 1. The lowest BCUT2D eigenvalue weighted by Crippen LogP contribution is -2.67. The monoisotopic (exact) mass is 636 g/mol. The van der Waals surface area contributed by atoms with E-state index in [9.17, 15) is 27.9 Å². The van der Waals surface area contributed by atoms with E-state index in [4.69, 9.17) is 4.74 Å². The molecule has 1 saturated heterocycles. The Morgan fingerprint density at radius 3 is 1.78 bits per heavy atom. The molecule has 1 N–H and O–H groups in total. The third kappa shape index (κ3) is 4.58. The second-order valence-corrected chi connectivity index (χ2v) is 16.5. The van der Waals surface area contributed by atoms with E-state index in [1.165, 1.54) is 0 Å². The fourth-order valence-corrected chi connectivity index (χ4v) is 13.9. The molecule has 0 aliphatic carbocycles. The fourth-order valence-electron chi connectivity index (χ4n) is 8.15. The molecule has 6 rings (SSSR count). The largest absolute Gasteiger partial charge is 0.478 e. The van der Waals surface area contributed by atoms with E-state index >= 15 is 0 Å². The minimum atomic E-state index is -4.96. The van der Waals surface area contributed by atoms with Crippen LogP contribution in [0.3, 0.4) is 0 Å². The molecule has 6 nitrogen and oxygen atoms in total. The molecule has 2 spiro atoms. The number of benzene rings is 3. The molecule has 1 fully saturated rings. The number of hydrogen-bond acceptors (Lipinski definition) is 5. The molecule has 3 aliphatic heterocycles. The van der Waals surface area contributed by atoms with Crippen LogP contribution in [-0.2, 0) is 16.5 Å². The summed E-state index contributed by atoms with van der Waals surface area (Å²) < 4.78 is 48.7. The third-order valence-electron chi connectivity index (χ3n) is 10.3. The van der Waals surface area contributed by atoms with Crippen LogP contribution in [0.25, 0.3) is 0 Å². The highest BCUT2D eigenvalue weighted by Crippen LogP contribution is 2.52. The summed E-state index contributed by atoms with van der Waals surface area (Å²) in [6.07, 6.45) is -1.69. The summed E-state index contributed by atoms with van der Waals surface area (Å²) in [4.78, 5) is 30.5. The molecule has 3 aliphatic rings. The molecule has 3 heterocycles. The first-order chi connectivity index (χ1) is 21.5. The molecule has 0 aromatic heterocycles. The molecule has 0 radical (unpaired) electrons. The summed E-state index contributed by atoms with van der Waals surface area (Å²) >= 11 is 0. The number of esters is 1. The van der Waals surface area contributed by atoms with Gasteiger partial charge < -0.3 is 19.6 Å². The van der Waals surface area contributed by atoms with Gasteiger partial charge in [0.25, 0.3) is 0 Å². The number of hydrogen-bond donors (Lipinski definition) is 1. The molecule has 0 saturated carbocycles. The molecule has 3 aromatic carbocycles. The smallest absolute Gasteiger partial charge is 0.417 e. The summed E-state index contributed by atoms with van der Waals surface area (Å²) in [6, 6.07) is 16.2. The lowest BCUT2D eigenvalue weighted by Gasteiger charge is -2.48. The Bertz CT molecular complexity index is 1610. The predicted octanol–water partition coefficient (Wildman–Crippen LogP) is 6.62.